The van der Waals surface area contributed by atoms with Crippen LogP contribution < -0.4 is 0 Å². The van der Waals surface area contributed by atoms with Crippen molar-refractivity contribution in [2.45, 2.75) is 58.0 Å². The molecule has 1 N–H and O–H groups in total. The molecule has 0 aliphatic carbocycles. The number of benzene rings is 1. The van der Waals surface area contributed by atoms with Crippen LogP contribution in [-0.4, -0.2) is 11.2 Å². The molecule has 1 aromatic carbocycles. The van der Waals surface area contributed by atoms with Gasteiger partial charge in [0.25, 0.3) is 0 Å². The van der Waals surface area contributed by atoms with Crippen LogP contribution in [0.2, 0.25) is 0 Å². The Kier molecular flexibility index (Phi) is 7.52. The SMILES string of the molecule is CCCCCCCC(O)Cc1cc(Br)ccc1F. The molecular formula is C15H22BrFO. The predicted molar refractivity (Wildman–Crippen MR) is 77.2 cm³/mol. The second-order valence-electron chi connectivity index (χ2n) is 4.80. The summed E-state index contributed by atoms with van der Waals surface area (Å²) in [6, 6.07) is 4.86. The highest BCUT2D eigenvalue weighted by molar-refractivity contribution is 9.10. The Morgan fingerprint density at radius 3 is 2.67 bits per heavy atom. The lowest BCUT2D eigenvalue weighted by atomic mass is 10.0. The van der Waals surface area contributed by atoms with Crippen LogP contribution in [0.4, 0.5) is 4.39 Å². The number of halogens is 2. The van der Waals surface area contributed by atoms with Gasteiger partial charge in [0.2, 0.25) is 0 Å². The van der Waals surface area contributed by atoms with Crippen LogP contribution in [-0.2, 0) is 6.42 Å². The number of aliphatic hydroxyl groups excluding tert-OH is 1. The molecule has 102 valence electrons. The summed E-state index contributed by atoms with van der Waals surface area (Å²) in [4.78, 5) is 0. The van der Waals surface area contributed by atoms with Crippen molar-refractivity contribution in [3.63, 3.8) is 0 Å². The number of hydrogen-bond donors (Lipinski definition) is 1. The van der Waals surface area contributed by atoms with Crippen molar-refractivity contribution in [3.05, 3.63) is 34.1 Å². The molecule has 0 saturated carbocycles. The first-order valence-electron chi connectivity index (χ1n) is 6.75. The summed E-state index contributed by atoms with van der Waals surface area (Å²) < 4.78 is 14.3. The fourth-order valence-corrected chi connectivity index (χ4v) is 2.45. The summed E-state index contributed by atoms with van der Waals surface area (Å²) in [6.07, 6.45) is 6.63. The average molecular weight is 317 g/mol. The van der Waals surface area contributed by atoms with Gasteiger partial charge in [-0.3, -0.25) is 0 Å². The fraction of sp³-hybridized carbons (Fsp3) is 0.600. The number of aliphatic hydroxyl groups is 1. The van der Waals surface area contributed by atoms with Crippen LogP contribution in [0.3, 0.4) is 0 Å². The van der Waals surface area contributed by atoms with Crippen molar-refractivity contribution in [1.82, 2.24) is 0 Å². The summed E-state index contributed by atoms with van der Waals surface area (Å²) in [6.45, 7) is 2.19. The standard InChI is InChI=1S/C15H22BrFO/c1-2-3-4-5-6-7-14(18)11-12-10-13(16)8-9-15(12)17/h8-10,14,18H,2-7,11H2,1H3. The first-order chi connectivity index (χ1) is 8.63. The smallest absolute Gasteiger partial charge is 0.126 e. The fourth-order valence-electron chi connectivity index (χ4n) is 2.04. The Labute approximate surface area is 118 Å². The molecular weight excluding hydrogens is 295 g/mol. The second kappa shape index (κ2) is 8.65. The second-order valence-corrected chi connectivity index (χ2v) is 5.71. The zero-order valence-electron chi connectivity index (χ0n) is 11.0. The number of unbranched alkanes of at least 4 members (excludes halogenated alkanes) is 4. The molecule has 0 aliphatic heterocycles. The van der Waals surface area contributed by atoms with Gasteiger partial charge in [-0.2, -0.15) is 0 Å². The molecule has 0 radical (unpaired) electrons. The van der Waals surface area contributed by atoms with Crippen molar-refractivity contribution in [1.29, 1.82) is 0 Å². The van der Waals surface area contributed by atoms with E-state index < -0.39 is 6.10 Å². The van der Waals surface area contributed by atoms with Crippen LogP contribution in [0.25, 0.3) is 0 Å². The minimum absolute atomic E-state index is 0.233. The van der Waals surface area contributed by atoms with E-state index >= 15 is 0 Å². The predicted octanol–water partition coefficient (Wildman–Crippen LogP) is 4.85. The molecule has 0 saturated heterocycles. The van der Waals surface area contributed by atoms with Crippen molar-refractivity contribution in [2.24, 2.45) is 0 Å². The minimum atomic E-state index is -0.435. The molecule has 1 nitrogen and oxygen atoms in total. The first kappa shape index (κ1) is 15.6. The lowest BCUT2D eigenvalue weighted by molar-refractivity contribution is 0.159. The third-order valence-electron chi connectivity index (χ3n) is 3.10. The zero-order valence-corrected chi connectivity index (χ0v) is 12.5. The summed E-state index contributed by atoms with van der Waals surface area (Å²) in [7, 11) is 0. The van der Waals surface area contributed by atoms with Crippen LogP contribution in [0.5, 0.6) is 0 Å². The maximum absolute atomic E-state index is 13.5. The van der Waals surface area contributed by atoms with Gasteiger partial charge >= 0.3 is 0 Å². The lowest BCUT2D eigenvalue weighted by Crippen LogP contribution is -2.11. The van der Waals surface area contributed by atoms with Gasteiger partial charge < -0.3 is 5.11 Å². The third-order valence-corrected chi connectivity index (χ3v) is 3.60. The van der Waals surface area contributed by atoms with Gasteiger partial charge in [0.15, 0.2) is 0 Å². The Hall–Kier alpha value is -0.410. The van der Waals surface area contributed by atoms with E-state index in [1.165, 1.54) is 25.3 Å². The Morgan fingerprint density at radius 2 is 1.94 bits per heavy atom. The first-order valence-corrected chi connectivity index (χ1v) is 7.54. The quantitative estimate of drug-likeness (QED) is 0.679. The van der Waals surface area contributed by atoms with Crippen LogP contribution >= 0.6 is 15.9 Å². The van der Waals surface area contributed by atoms with E-state index in [0.29, 0.717) is 12.0 Å². The van der Waals surface area contributed by atoms with Crippen LogP contribution in [0.15, 0.2) is 22.7 Å². The van der Waals surface area contributed by atoms with E-state index in [0.717, 1.165) is 23.7 Å². The minimum Gasteiger partial charge on any atom is -0.393 e. The van der Waals surface area contributed by atoms with Gasteiger partial charge in [0, 0.05) is 10.9 Å². The van der Waals surface area contributed by atoms with Crippen molar-refractivity contribution in [2.75, 3.05) is 0 Å². The lowest BCUT2D eigenvalue weighted by Gasteiger charge is -2.11. The summed E-state index contributed by atoms with van der Waals surface area (Å²) in [5.74, 6) is -0.233. The van der Waals surface area contributed by atoms with E-state index in [1.807, 2.05) is 0 Å². The average Bonchev–Trinajstić information content (AvgIpc) is 2.33. The summed E-state index contributed by atoms with van der Waals surface area (Å²) in [5, 5.41) is 9.89. The zero-order chi connectivity index (χ0) is 13.4. The van der Waals surface area contributed by atoms with Crippen LogP contribution in [0, 0.1) is 5.82 Å². The van der Waals surface area contributed by atoms with Crippen molar-refractivity contribution >= 4 is 15.9 Å². The highest BCUT2D eigenvalue weighted by atomic mass is 79.9. The Morgan fingerprint density at radius 1 is 1.22 bits per heavy atom. The monoisotopic (exact) mass is 316 g/mol. The Bertz CT molecular complexity index is 354. The van der Waals surface area contributed by atoms with E-state index in [2.05, 4.69) is 22.9 Å². The number of rotatable bonds is 8. The van der Waals surface area contributed by atoms with Crippen molar-refractivity contribution in [3.8, 4) is 0 Å². The van der Waals surface area contributed by atoms with Crippen LogP contribution in [0.1, 0.15) is 51.0 Å². The molecule has 0 heterocycles. The summed E-state index contributed by atoms with van der Waals surface area (Å²) in [5.41, 5.74) is 0.588. The van der Waals surface area contributed by atoms with E-state index in [1.54, 1.807) is 12.1 Å². The van der Waals surface area contributed by atoms with E-state index in [9.17, 15) is 9.50 Å². The molecule has 1 unspecified atom stereocenters. The molecule has 3 heteroatoms. The van der Waals surface area contributed by atoms with Gasteiger partial charge in [0.05, 0.1) is 6.10 Å². The van der Waals surface area contributed by atoms with E-state index in [4.69, 9.17) is 0 Å². The maximum atomic E-state index is 13.5. The third kappa shape index (κ3) is 5.96. The molecule has 0 fully saturated rings. The highest BCUT2D eigenvalue weighted by Gasteiger charge is 2.09. The topological polar surface area (TPSA) is 20.2 Å². The maximum Gasteiger partial charge on any atom is 0.126 e. The molecule has 18 heavy (non-hydrogen) atoms. The van der Waals surface area contributed by atoms with Gasteiger partial charge in [-0.25, -0.2) is 4.39 Å². The Balaban J connectivity index is 2.30. The largest absolute Gasteiger partial charge is 0.393 e. The molecule has 0 aliphatic rings. The molecule has 1 atom stereocenters. The normalized spacial score (nSPS) is 12.7. The molecule has 0 aromatic heterocycles. The molecule has 0 spiro atoms. The van der Waals surface area contributed by atoms with Gasteiger partial charge in [0.1, 0.15) is 5.82 Å². The van der Waals surface area contributed by atoms with Gasteiger partial charge in [-0.05, 0) is 30.2 Å². The summed E-state index contributed by atoms with van der Waals surface area (Å²) >= 11 is 3.32. The molecule has 0 bridgehead atoms. The van der Waals surface area contributed by atoms with Crippen molar-refractivity contribution < 1.29 is 9.50 Å². The van der Waals surface area contributed by atoms with Gasteiger partial charge in [-0.1, -0.05) is 55.0 Å². The van der Waals surface area contributed by atoms with Gasteiger partial charge in [-0.15, -0.1) is 0 Å². The van der Waals surface area contributed by atoms with E-state index in [-0.39, 0.29) is 5.82 Å². The highest BCUT2D eigenvalue weighted by Crippen LogP contribution is 2.18. The molecule has 1 aromatic rings. The number of hydrogen-bond acceptors (Lipinski definition) is 1. The molecule has 1 rings (SSSR count). The molecule has 0 amide bonds.